The predicted molar refractivity (Wildman–Crippen MR) is 67.5 cm³/mol. The Morgan fingerprint density at radius 2 is 2.12 bits per heavy atom. The molecule has 3 unspecified atom stereocenters. The Morgan fingerprint density at radius 3 is 2.81 bits per heavy atom. The van der Waals surface area contributed by atoms with Crippen molar-refractivity contribution in [2.75, 3.05) is 6.61 Å². The first-order valence-electron chi connectivity index (χ1n) is 6.84. The zero-order valence-corrected chi connectivity index (χ0v) is 11.3. The standard InChI is InChI=1S/C14H27NO/c1-10(2)7-11-9-16-13-5-6-14(3,4)8-12(13)15-11/h10-13,15H,5-9H2,1-4H3. The number of morpholine rings is 1. The van der Waals surface area contributed by atoms with Gasteiger partial charge in [-0.3, -0.25) is 0 Å². The van der Waals surface area contributed by atoms with Gasteiger partial charge in [0.2, 0.25) is 0 Å². The van der Waals surface area contributed by atoms with Gasteiger partial charge in [-0.25, -0.2) is 0 Å². The minimum absolute atomic E-state index is 0.483. The molecule has 94 valence electrons. The molecule has 0 aromatic carbocycles. The molecule has 1 saturated heterocycles. The molecule has 0 aromatic heterocycles. The smallest absolute Gasteiger partial charge is 0.0729 e. The normalized spacial score (nSPS) is 38.4. The molecule has 0 radical (unpaired) electrons. The van der Waals surface area contributed by atoms with Crippen molar-refractivity contribution in [3.05, 3.63) is 0 Å². The van der Waals surface area contributed by atoms with E-state index in [1.54, 1.807) is 0 Å². The first-order valence-corrected chi connectivity index (χ1v) is 6.84. The van der Waals surface area contributed by atoms with Crippen molar-refractivity contribution < 1.29 is 4.74 Å². The summed E-state index contributed by atoms with van der Waals surface area (Å²) in [5.74, 6) is 0.759. The van der Waals surface area contributed by atoms with Crippen LogP contribution in [0.5, 0.6) is 0 Å². The quantitative estimate of drug-likeness (QED) is 0.780. The highest BCUT2D eigenvalue weighted by atomic mass is 16.5. The molecule has 2 rings (SSSR count). The lowest BCUT2D eigenvalue weighted by molar-refractivity contribution is -0.0688. The van der Waals surface area contributed by atoms with Gasteiger partial charge in [0.25, 0.3) is 0 Å². The summed E-state index contributed by atoms with van der Waals surface area (Å²) in [6, 6.07) is 1.18. The molecule has 2 fully saturated rings. The van der Waals surface area contributed by atoms with Crippen LogP contribution < -0.4 is 5.32 Å². The number of ether oxygens (including phenoxy) is 1. The Hall–Kier alpha value is -0.0800. The van der Waals surface area contributed by atoms with Gasteiger partial charge in [-0.05, 0) is 37.0 Å². The summed E-state index contributed by atoms with van der Waals surface area (Å²) < 4.78 is 6.03. The van der Waals surface area contributed by atoms with Gasteiger partial charge in [-0.15, -0.1) is 0 Å². The Balaban J connectivity index is 1.91. The highest BCUT2D eigenvalue weighted by Gasteiger charge is 2.39. The van der Waals surface area contributed by atoms with Crippen LogP contribution >= 0.6 is 0 Å². The fourth-order valence-electron chi connectivity index (χ4n) is 3.22. The maximum Gasteiger partial charge on any atom is 0.0729 e. The minimum Gasteiger partial charge on any atom is -0.375 e. The van der Waals surface area contributed by atoms with Gasteiger partial charge in [0.05, 0.1) is 12.7 Å². The third-order valence-corrected chi connectivity index (χ3v) is 4.04. The molecule has 16 heavy (non-hydrogen) atoms. The van der Waals surface area contributed by atoms with Crippen LogP contribution in [0.2, 0.25) is 0 Å². The summed E-state index contributed by atoms with van der Waals surface area (Å²) in [7, 11) is 0. The number of hydrogen-bond acceptors (Lipinski definition) is 2. The molecular formula is C14H27NO. The Labute approximate surface area is 100 Å². The lowest BCUT2D eigenvalue weighted by Gasteiger charge is -2.46. The average molecular weight is 225 g/mol. The van der Waals surface area contributed by atoms with Gasteiger partial charge in [0.15, 0.2) is 0 Å². The Morgan fingerprint density at radius 1 is 1.38 bits per heavy atom. The van der Waals surface area contributed by atoms with Crippen LogP contribution in [0.1, 0.15) is 53.4 Å². The molecular weight excluding hydrogens is 198 g/mol. The fraction of sp³-hybridized carbons (Fsp3) is 1.00. The number of nitrogens with one attached hydrogen (secondary N) is 1. The van der Waals surface area contributed by atoms with Crippen molar-refractivity contribution in [1.29, 1.82) is 0 Å². The monoisotopic (exact) mass is 225 g/mol. The summed E-state index contributed by atoms with van der Waals surface area (Å²) in [4.78, 5) is 0. The largest absolute Gasteiger partial charge is 0.375 e. The molecule has 3 atom stereocenters. The van der Waals surface area contributed by atoms with E-state index < -0.39 is 0 Å². The zero-order valence-electron chi connectivity index (χ0n) is 11.3. The van der Waals surface area contributed by atoms with Crippen LogP contribution in [0.4, 0.5) is 0 Å². The lowest BCUT2D eigenvalue weighted by Crippen LogP contribution is -2.57. The fourth-order valence-corrected chi connectivity index (χ4v) is 3.22. The van der Waals surface area contributed by atoms with E-state index in [0.717, 1.165) is 12.5 Å². The Bertz CT molecular complexity index is 237. The van der Waals surface area contributed by atoms with Crippen molar-refractivity contribution in [3.63, 3.8) is 0 Å². The van der Waals surface area contributed by atoms with Crippen LogP contribution in [-0.2, 0) is 4.74 Å². The van der Waals surface area contributed by atoms with Crippen LogP contribution in [0.25, 0.3) is 0 Å². The third kappa shape index (κ3) is 2.98. The van der Waals surface area contributed by atoms with Gasteiger partial charge < -0.3 is 10.1 Å². The number of rotatable bonds is 2. The molecule has 2 nitrogen and oxygen atoms in total. The van der Waals surface area contributed by atoms with E-state index in [-0.39, 0.29) is 0 Å². The van der Waals surface area contributed by atoms with Crippen molar-refractivity contribution in [2.45, 2.75) is 71.6 Å². The van der Waals surface area contributed by atoms with Crippen LogP contribution in [0.3, 0.4) is 0 Å². The summed E-state index contributed by atoms with van der Waals surface area (Å²) in [5.41, 5.74) is 0.497. The molecule has 0 amide bonds. The maximum atomic E-state index is 6.03. The van der Waals surface area contributed by atoms with E-state index in [2.05, 4.69) is 33.0 Å². The van der Waals surface area contributed by atoms with E-state index in [1.807, 2.05) is 0 Å². The minimum atomic E-state index is 0.483. The van der Waals surface area contributed by atoms with E-state index in [0.29, 0.717) is 23.6 Å². The number of fused-ring (bicyclic) bond motifs is 1. The van der Waals surface area contributed by atoms with Gasteiger partial charge in [0, 0.05) is 12.1 Å². The van der Waals surface area contributed by atoms with Crippen LogP contribution in [-0.4, -0.2) is 24.8 Å². The molecule has 1 heterocycles. The average Bonchev–Trinajstić information content (AvgIpc) is 2.14. The van der Waals surface area contributed by atoms with E-state index >= 15 is 0 Å². The molecule has 0 aromatic rings. The molecule has 0 spiro atoms. The lowest BCUT2D eigenvalue weighted by atomic mass is 9.73. The van der Waals surface area contributed by atoms with Crippen LogP contribution in [0.15, 0.2) is 0 Å². The van der Waals surface area contributed by atoms with Gasteiger partial charge in [-0.1, -0.05) is 27.7 Å². The topological polar surface area (TPSA) is 21.3 Å². The second kappa shape index (κ2) is 4.66. The van der Waals surface area contributed by atoms with Crippen molar-refractivity contribution >= 4 is 0 Å². The second-order valence-electron chi connectivity index (χ2n) is 6.88. The summed E-state index contributed by atoms with van der Waals surface area (Å²) in [6.07, 6.45) is 5.54. The molecule has 2 aliphatic rings. The number of hydrogen-bond donors (Lipinski definition) is 1. The van der Waals surface area contributed by atoms with E-state index in [1.165, 1.54) is 25.7 Å². The molecule has 1 N–H and O–H groups in total. The summed E-state index contributed by atoms with van der Waals surface area (Å²) in [6.45, 7) is 10.3. The molecule has 1 aliphatic carbocycles. The molecule has 2 heteroatoms. The van der Waals surface area contributed by atoms with Crippen molar-refractivity contribution in [3.8, 4) is 0 Å². The molecule has 1 aliphatic heterocycles. The van der Waals surface area contributed by atoms with Crippen molar-refractivity contribution in [2.24, 2.45) is 11.3 Å². The molecule has 1 saturated carbocycles. The third-order valence-electron chi connectivity index (χ3n) is 4.04. The van der Waals surface area contributed by atoms with Crippen molar-refractivity contribution in [1.82, 2.24) is 5.32 Å². The first kappa shape index (κ1) is 12.4. The summed E-state index contributed by atoms with van der Waals surface area (Å²) in [5, 5.41) is 3.82. The first-order chi connectivity index (χ1) is 7.46. The van der Waals surface area contributed by atoms with E-state index in [9.17, 15) is 0 Å². The highest BCUT2D eigenvalue weighted by Crippen LogP contribution is 2.38. The van der Waals surface area contributed by atoms with E-state index in [4.69, 9.17) is 4.74 Å². The SMILES string of the molecule is CC(C)CC1COC2CCC(C)(C)CC2N1. The second-order valence-corrected chi connectivity index (χ2v) is 6.88. The Kier molecular flexibility index (Phi) is 3.60. The van der Waals surface area contributed by atoms with Crippen LogP contribution in [0, 0.1) is 11.3 Å². The van der Waals surface area contributed by atoms with Gasteiger partial charge in [0.1, 0.15) is 0 Å². The van der Waals surface area contributed by atoms with Gasteiger partial charge in [-0.2, -0.15) is 0 Å². The van der Waals surface area contributed by atoms with Gasteiger partial charge >= 0.3 is 0 Å². The zero-order chi connectivity index (χ0) is 11.8. The molecule has 0 bridgehead atoms. The maximum absolute atomic E-state index is 6.03. The highest BCUT2D eigenvalue weighted by molar-refractivity contribution is 4.94. The predicted octanol–water partition coefficient (Wildman–Crippen LogP) is 2.97. The summed E-state index contributed by atoms with van der Waals surface area (Å²) >= 11 is 0.